The van der Waals surface area contributed by atoms with E-state index in [1.54, 1.807) is 28.9 Å². The molecule has 0 unspecified atom stereocenters. The number of piperazine rings is 1. The second-order valence-electron chi connectivity index (χ2n) is 6.82. The number of carbonyl (C=O) groups excluding carboxylic acids is 2. The minimum Gasteiger partial charge on any atom is -0.338 e. The van der Waals surface area contributed by atoms with E-state index in [1.807, 2.05) is 13.8 Å². The van der Waals surface area contributed by atoms with E-state index in [2.05, 4.69) is 0 Å². The Labute approximate surface area is 154 Å². The van der Waals surface area contributed by atoms with E-state index < -0.39 is 6.04 Å². The number of nitrogens with zero attached hydrogens (tertiary/aromatic N) is 2. The van der Waals surface area contributed by atoms with Gasteiger partial charge < -0.3 is 15.5 Å². The number of rotatable bonds is 4. The van der Waals surface area contributed by atoms with Crippen molar-refractivity contribution in [2.24, 2.45) is 11.7 Å². The van der Waals surface area contributed by atoms with Crippen molar-refractivity contribution in [3.05, 3.63) is 35.1 Å². The molecule has 1 atom stereocenters. The maximum atomic E-state index is 13.6. The monoisotopic (exact) mass is 371 g/mol. The van der Waals surface area contributed by atoms with Gasteiger partial charge in [-0.05, 0) is 37.0 Å². The van der Waals surface area contributed by atoms with Crippen LogP contribution in [0.15, 0.2) is 18.2 Å². The van der Waals surface area contributed by atoms with Crippen molar-refractivity contribution in [2.45, 2.75) is 33.2 Å². The molecule has 0 radical (unpaired) electrons. The molecule has 2 amide bonds. The van der Waals surface area contributed by atoms with Crippen LogP contribution in [0.3, 0.4) is 0 Å². The summed E-state index contributed by atoms with van der Waals surface area (Å²) in [6.45, 7) is 7.53. The molecule has 0 spiro atoms. The van der Waals surface area contributed by atoms with E-state index in [0.29, 0.717) is 49.6 Å². The standard InChI is InChI=1S/C18H26FN3O2.ClH/c1-12(2)10-16(20)18(24)22-8-6-21(7-9-22)17(23)14-5-4-13(3)15(19)11-14;/h4-5,11-12,16H,6-10,20H2,1-3H3;1H/t16-;/m0./s1. The van der Waals surface area contributed by atoms with Crippen LogP contribution in [-0.4, -0.2) is 53.8 Å². The quantitative estimate of drug-likeness (QED) is 0.882. The molecular formula is C18H27ClFN3O2. The van der Waals surface area contributed by atoms with Crippen molar-refractivity contribution in [3.63, 3.8) is 0 Å². The number of hydrogen-bond acceptors (Lipinski definition) is 3. The zero-order chi connectivity index (χ0) is 17.9. The molecule has 0 aromatic heterocycles. The lowest BCUT2D eigenvalue weighted by atomic mass is 10.0. The van der Waals surface area contributed by atoms with Crippen molar-refractivity contribution < 1.29 is 14.0 Å². The lowest BCUT2D eigenvalue weighted by Gasteiger charge is -2.36. The summed E-state index contributed by atoms with van der Waals surface area (Å²) in [6.07, 6.45) is 0.653. The summed E-state index contributed by atoms with van der Waals surface area (Å²) >= 11 is 0. The molecule has 0 saturated carbocycles. The molecule has 0 aliphatic carbocycles. The maximum Gasteiger partial charge on any atom is 0.254 e. The van der Waals surface area contributed by atoms with E-state index in [4.69, 9.17) is 5.73 Å². The summed E-state index contributed by atoms with van der Waals surface area (Å²) in [5.74, 6) is -0.276. The van der Waals surface area contributed by atoms with Crippen molar-refractivity contribution in [1.29, 1.82) is 0 Å². The highest BCUT2D eigenvalue weighted by Gasteiger charge is 2.28. The van der Waals surface area contributed by atoms with E-state index >= 15 is 0 Å². The molecule has 5 nitrogen and oxygen atoms in total. The Kier molecular flexibility index (Phi) is 7.83. The molecule has 1 aromatic carbocycles. The van der Waals surface area contributed by atoms with Gasteiger partial charge in [0.15, 0.2) is 0 Å². The minimum atomic E-state index is -0.488. The molecule has 2 rings (SSSR count). The zero-order valence-corrected chi connectivity index (χ0v) is 15.8. The van der Waals surface area contributed by atoms with Gasteiger partial charge in [0.05, 0.1) is 6.04 Å². The lowest BCUT2D eigenvalue weighted by molar-refractivity contribution is -0.134. The molecule has 1 heterocycles. The van der Waals surface area contributed by atoms with E-state index in [0.717, 1.165) is 0 Å². The summed E-state index contributed by atoms with van der Waals surface area (Å²) < 4.78 is 13.6. The summed E-state index contributed by atoms with van der Waals surface area (Å²) in [5.41, 5.74) is 6.81. The molecule has 1 aliphatic rings. The van der Waals surface area contributed by atoms with Gasteiger partial charge >= 0.3 is 0 Å². The van der Waals surface area contributed by atoms with Crippen LogP contribution in [-0.2, 0) is 4.79 Å². The molecule has 1 aliphatic heterocycles. The van der Waals surface area contributed by atoms with Crippen LogP contribution in [0.4, 0.5) is 4.39 Å². The number of amides is 2. The fraction of sp³-hybridized carbons (Fsp3) is 0.556. The normalized spacial score (nSPS) is 15.8. The molecule has 7 heteroatoms. The number of hydrogen-bond donors (Lipinski definition) is 1. The van der Waals surface area contributed by atoms with Crippen LogP contribution >= 0.6 is 12.4 Å². The molecule has 1 aromatic rings. The first kappa shape index (κ1) is 21.4. The zero-order valence-electron chi connectivity index (χ0n) is 15.0. The van der Waals surface area contributed by atoms with Crippen LogP contribution in [0.25, 0.3) is 0 Å². The Morgan fingerprint density at radius 2 is 1.72 bits per heavy atom. The van der Waals surface area contributed by atoms with Crippen LogP contribution in [0.2, 0.25) is 0 Å². The Morgan fingerprint density at radius 1 is 1.16 bits per heavy atom. The molecule has 0 bridgehead atoms. The number of halogens is 2. The summed E-state index contributed by atoms with van der Waals surface area (Å²) in [7, 11) is 0. The third-order valence-corrected chi connectivity index (χ3v) is 4.34. The highest BCUT2D eigenvalue weighted by molar-refractivity contribution is 5.94. The second kappa shape index (κ2) is 9.15. The van der Waals surface area contributed by atoms with Gasteiger partial charge in [-0.15, -0.1) is 12.4 Å². The first-order chi connectivity index (χ1) is 11.3. The highest BCUT2D eigenvalue weighted by Crippen LogP contribution is 2.14. The number of carbonyl (C=O) groups is 2. The number of aryl methyl sites for hydroxylation is 1. The number of benzene rings is 1. The van der Waals surface area contributed by atoms with Gasteiger partial charge in [0.2, 0.25) is 5.91 Å². The van der Waals surface area contributed by atoms with Gasteiger partial charge in [0.1, 0.15) is 5.82 Å². The second-order valence-corrected chi connectivity index (χ2v) is 6.82. The Hall–Kier alpha value is -1.66. The van der Waals surface area contributed by atoms with E-state index in [9.17, 15) is 14.0 Å². The van der Waals surface area contributed by atoms with Gasteiger partial charge in [-0.2, -0.15) is 0 Å². The predicted octanol–water partition coefficient (Wildman–Crippen LogP) is 2.21. The first-order valence-corrected chi connectivity index (χ1v) is 8.39. The Bertz CT molecular complexity index is 616. The topological polar surface area (TPSA) is 66.6 Å². The average Bonchev–Trinajstić information content (AvgIpc) is 2.55. The van der Waals surface area contributed by atoms with Gasteiger partial charge in [-0.1, -0.05) is 19.9 Å². The van der Waals surface area contributed by atoms with Crippen molar-refractivity contribution >= 4 is 24.2 Å². The van der Waals surface area contributed by atoms with Crippen LogP contribution in [0.1, 0.15) is 36.2 Å². The third kappa shape index (κ3) is 5.41. The molecule has 1 saturated heterocycles. The lowest BCUT2D eigenvalue weighted by Crippen LogP contribution is -2.54. The average molecular weight is 372 g/mol. The van der Waals surface area contributed by atoms with Crippen molar-refractivity contribution in [2.75, 3.05) is 26.2 Å². The third-order valence-electron chi connectivity index (χ3n) is 4.34. The molecule has 2 N–H and O–H groups in total. The smallest absolute Gasteiger partial charge is 0.254 e. The Balaban J connectivity index is 0.00000312. The number of nitrogens with two attached hydrogens (primary N) is 1. The molecule has 25 heavy (non-hydrogen) atoms. The SMILES string of the molecule is Cc1ccc(C(=O)N2CCN(C(=O)[C@@H](N)CC(C)C)CC2)cc1F.Cl. The van der Waals surface area contributed by atoms with Crippen molar-refractivity contribution in [1.82, 2.24) is 9.80 Å². The van der Waals surface area contributed by atoms with E-state index in [-0.39, 0.29) is 30.0 Å². The minimum absolute atomic E-state index is 0. The summed E-state index contributed by atoms with van der Waals surface area (Å²) in [6, 6.07) is 4.02. The summed E-state index contributed by atoms with van der Waals surface area (Å²) in [4.78, 5) is 28.1. The van der Waals surface area contributed by atoms with Crippen LogP contribution < -0.4 is 5.73 Å². The highest BCUT2D eigenvalue weighted by atomic mass is 35.5. The molecule has 140 valence electrons. The van der Waals surface area contributed by atoms with Gasteiger partial charge in [0, 0.05) is 31.7 Å². The predicted molar refractivity (Wildman–Crippen MR) is 98.3 cm³/mol. The van der Waals surface area contributed by atoms with Crippen LogP contribution in [0.5, 0.6) is 0 Å². The maximum absolute atomic E-state index is 13.6. The van der Waals surface area contributed by atoms with Gasteiger partial charge in [-0.25, -0.2) is 4.39 Å². The fourth-order valence-corrected chi connectivity index (χ4v) is 2.88. The molecular weight excluding hydrogens is 345 g/mol. The van der Waals surface area contributed by atoms with Crippen molar-refractivity contribution in [3.8, 4) is 0 Å². The van der Waals surface area contributed by atoms with Crippen LogP contribution in [0, 0.1) is 18.7 Å². The molecule has 1 fully saturated rings. The Morgan fingerprint density at radius 3 is 2.24 bits per heavy atom. The fourth-order valence-electron chi connectivity index (χ4n) is 2.88. The first-order valence-electron chi connectivity index (χ1n) is 8.39. The van der Waals surface area contributed by atoms with E-state index in [1.165, 1.54) is 6.07 Å². The summed E-state index contributed by atoms with van der Waals surface area (Å²) in [5, 5.41) is 0. The van der Waals surface area contributed by atoms with Gasteiger partial charge in [0.25, 0.3) is 5.91 Å². The largest absolute Gasteiger partial charge is 0.338 e. The van der Waals surface area contributed by atoms with Gasteiger partial charge in [-0.3, -0.25) is 9.59 Å².